The van der Waals surface area contributed by atoms with E-state index in [4.69, 9.17) is 10.3 Å². The molecule has 0 fully saturated rings. The summed E-state index contributed by atoms with van der Waals surface area (Å²) in [7, 11) is 0. The summed E-state index contributed by atoms with van der Waals surface area (Å²) in [6, 6.07) is 4.96. The number of fused-ring (bicyclic) bond motifs is 1. The second-order valence-electron chi connectivity index (χ2n) is 2.89. The van der Waals surface area contributed by atoms with Crippen LogP contribution in [0.3, 0.4) is 0 Å². The molecule has 0 aliphatic rings. The predicted octanol–water partition coefficient (Wildman–Crippen LogP) is 0.740. The Morgan fingerprint density at radius 1 is 1.57 bits per heavy atom. The Labute approximate surface area is 79.9 Å². The smallest absolute Gasteiger partial charge is 0.265 e. The molecule has 3 N–H and O–H groups in total. The molecule has 14 heavy (non-hydrogen) atoms. The molecule has 0 bridgehead atoms. The SMILES string of the molecule is Cc1nc2cc(C(=O)NN)ccc2o1. The van der Waals surface area contributed by atoms with Gasteiger partial charge in [0.05, 0.1) is 0 Å². The molecule has 0 aliphatic heterocycles. The lowest BCUT2D eigenvalue weighted by atomic mass is 10.2. The summed E-state index contributed by atoms with van der Waals surface area (Å²) in [5, 5.41) is 0. The number of aryl methyl sites for hydroxylation is 1. The molecular weight excluding hydrogens is 182 g/mol. The number of carbonyl (C=O) groups excluding carboxylic acids is 1. The van der Waals surface area contributed by atoms with E-state index in [0.717, 1.165) is 0 Å². The van der Waals surface area contributed by atoms with Crippen molar-refractivity contribution in [3.8, 4) is 0 Å². The Bertz CT molecular complexity index is 490. The van der Waals surface area contributed by atoms with Gasteiger partial charge in [-0.25, -0.2) is 10.8 Å². The van der Waals surface area contributed by atoms with Gasteiger partial charge in [-0.05, 0) is 18.2 Å². The van der Waals surface area contributed by atoms with Crippen LogP contribution in [-0.4, -0.2) is 10.9 Å². The van der Waals surface area contributed by atoms with Crippen LogP contribution >= 0.6 is 0 Å². The molecule has 0 saturated carbocycles. The van der Waals surface area contributed by atoms with Crippen LogP contribution in [0.2, 0.25) is 0 Å². The van der Waals surface area contributed by atoms with Crippen molar-refractivity contribution >= 4 is 17.0 Å². The molecule has 1 aromatic heterocycles. The molecule has 2 aromatic rings. The lowest BCUT2D eigenvalue weighted by Crippen LogP contribution is -2.29. The maximum Gasteiger partial charge on any atom is 0.265 e. The largest absolute Gasteiger partial charge is 0.441 e. The van der Waals surface area contributed by atoms with E-state index in [1.807, 2.05) is 0 Å². The Morgan fingerprint density at radius 3 is 3.07 bits per heavy atom. The number of rotatable bonds is 1. The molecule has 72 valence electrons. The number of hydrogen-bond donors (Lipinski definition) is 2. The van der Waals surface area contributed by atoms with Crippen LogP contribution in [0.15, 0.2) is 22.6 Å². The second kappa shape index (κ2) is 3.12. The molecule has 0 atom stereocenters. The molecule has 5 nitrogen and oxygen atoms in total. The molecule has 1 heterocycles. The van der Waals surface area contributed by atoms with Gasteiger partial charge in [-0.3, -0.25) is 10.2 Å². The third-order valence-corrected chi connectivity index (χ3v) is 1.89. The number of nitrogens with one attached hydrogen (secondary N) is 1. The van der Waals surface area contributed by atoms with Gasteiger partial charge in [-0.2, -0.15) is 0 Å². The number of hydrazine groups is 1. The minimum absolute atomic E-state index is 0.340. The van der Waals surface area contributed by atoms with Gasteiger partial charge < -0.3 is 4.42 Å². The van der Waals surface area contributed by atoms with Crippen molar-refractivity contribution in [3.63, 3.8) is 0 Å². The highest BCUT2D eigenvalue weighted by Gasteiger charge is 2.07. The fourth-order valence-corrected chi connectivity index (χ4v) is 1.27. The van der Waals surface area contributed by atoms with Crippen LogP contribution in [0, 0.1) is 6.92 Å². The Balaban J connectivity index is 2.55. The van der Waals surface area contributed by atoms with Crippen LogP contribution in [-0.2, 0) is 0 Å². The van der Waals surface area contributed by atoms with Gasteiger partial charge in [0, 0.05) is 12.5 Å². The maximum absolute atomic E-state index is 11.2. The molecule has 0 saturated heterocycles. The van der Waals surface area contributed by atoms with E-state index in [1.54, 1.807) is 25.1 Å². The summed E-state index contributed by atoms with van der Waals surface area (Å²) in [4.78, 5) is 15.3. The quantitative estimate of drug-likeness (QED) is 0.395. The molecular formula is C9H9N3O2. The van der Waals surface area contributed by atoms with E-state index in [9.17, 15) is 4.79 Å². The highest BCUT2D eigenvalue weighted by Crippen LogP contribution is 2.16. The first-order chi connectivity index (χ1) is 6.70. The van der Waals surface area contributed by atoms with Crippen molar-refractivity contribution in [1.82, 2.24) is 10.4 Å². The van der Waals surface area contributed by atoms with E-state index >= 15 is 0 Å². The van der Waals surface area contributed by atoms with Crippen LogP contribution < -0.4 is 11.3 Å². The number of nitrogen functional groups attached to an aromatic ring is 1. The van der Waals surface area contributed by atoms with Crippen molar-refractivity contribution in [1.29, 1.82) is 0 Å². The van der Waals surface area contributed by atoms with Crippen LogP contribution in [0.5, 0.6) is 0 Å². The van der Waals surface area contributed by atoms with Gasteiger partial charge in [0.25, 0.3) is 5.91 Å². The molecule has 0 radical (unpaired) electrons. The molecule has 1 aromatic carbocycles. The Kier molecular flexibility index (Phi) is 1.94. The fraction of sp³-hybridized carbons (Fsp3) is 0.111. The minimum atomic E-state index is -0.340. The molecule has 0 spiro atoms. The number of aromatic nitrogens is 1. The summed E-state index contributed by atoms with van der Waals surface area (Å²) in [6.07, 6.45) is 0. The van der Waals surface area contributed by atoms with E-state index in [0.29, 0.717) is 22.6 Å². The number of nitrogens with zero attached hydrogens (tertiary/aromatic N) is 1. The van der Waals surface area contributed by atoms with Gasteiger partial charge in [0.15, 0.2) is 11.5 Å². The summed E-state index contributed by atoms with van der Waals surface area (Å²) < 4.78 is 5.26. The number of benzene rings is 1. The van der Waals surface area contributed by atoms with Gasteiger partial charge in [-0.15, -0.1) is 0 Å². The van der Waals surface area contributed by atoms with Gasteiger partial charge >= 0.3 is 0 Å². The highest BCUT2D eigenvalue weighted by molar-refractivity contribution is 5.96. The van der Waals surface area contributed by atoms with Gasteiger partial charge in [-0.1, -0.05) is 0 Å². The van der Waals surface area contributed by atoms with Crippen LogP contribution in [0.4, 0.5) is 0 Å². The van der Waals surface area contributed by atoms with Gasteiger partial charge in [0.1, 0.15) is 5.52 Å². The average molecular weight is 191 g/mol. The zero-order chi connectivity index (χ0) is 10.1. The first-order valence-corrected chi connectivity index (χ1v) is 4.09. The van der Waals surface area contributed by atoms with E-state index in [-0.39, 0.29) is 5.91 Å². The second-order valence-corrected chi connectivity index (χ2v) is 2.89. The van der Waals surface area contributed by atoms with Crippen LogP contribution in [0.1, 0.15) is 16.2 Å². The lowest BCUT2D eigenvalue weighted by Gasteiger charge is -1.97. The number of amides is 1. The molecule has 2 rings (SSSR count). The summed E-state index contributed by atoms with van der Waals surface area (Å²) in [5.74, 6) is 5.24. The maximum atomic E-state index is 11.2. The van der Waals surface area contributed by atoms with Crippen molar-refractivity contribution in [3.05, 3.63) is 29.7 Å². The number of nitrogens with two attached hydrogens (primary N) is 1. The van der Waals surface area contributed by atoms with E-state index in [2.05, 4.69) is 10.4 Å². The third kappa shape index (κ3) is 1.33. The first-order valence-electron chi connectivity index (χ1n) is 4.09. The van der Waals surface area contributed by atoms with Crippen molar-refractivity contribution < 1.29 is 9.21 Å². The molecule has 5 heteroatoms. The highest BCUT2D eigenvalue weighted by atomic mass is 16.3. The first kappa shape index (κ1) is 8.71. The molecule has 0 aliphatic carbocycles. The van der Waals surface area contributed by atoms with Crippen molar-refractivity contribution in [2.75, 3.05) is 0 Å². The van der Waals surface area contributed by atoms with E-state index in [1.165, 1.54) is 0 Å². The minimum Gasteiger partial charge on any atom is -0.441 e. The van der Waals surface area contributed by atoms with Crippen molar-refractivity contribution in [2.45, 2.75) is 6.92 Å². The standard InChI is InChI=1S/C9H9N3O2/c1-5-11-7-4-6(9(13)12-10)2-3-8(7)14-5/h2-4H,10H2,1H3,(H,12,13). The lowest BCUT2D eigenvalue weighted by molar-refractivity contribution is 0.0954. The van der Waals surface area contributed by atoms with Crippen LogP contribution in [0.25, 0.3) is 11.1 Å². The van der Waals surface area contributed by atoms with E-state index < -0.39 is 0 Å². The van der Waals surface area contributed by atoms with Crippen molar-refractivity contribution in [2.24, 2.45) is 5.84 Å². The summed E-state index contributed by atoms with van der Waals surface area (Å²) in [5.41, 5.74) is 3.84. The van der Waals surface area contributed by atoms with Gasteiger partial charge in [0.2, 0.25) is 0 Å². The normalized spacial score (nSPS) is 10.4. The summed E-state index contributed by atoms with van der Waals surface area (Å²) in [6.45, 7) is 1.75. The summed E-state index contributed by atoms with van der Waals surface area (Å²) >= 11 is 0. The fourth-order valence-electron chi connectivity index (χ4n) is 1.27. The monoisotopic (exact) mass is 191 g/mol. The number of hydrogen-bond acceptors (Lipinski definition) is 4. The number of oxazole rings is 1. The number of carbonyl (C=O) groups is 1. The topological polar surface area (TPSA) is 81.2 Å². The Morgan fingerprint density at radius 2 is 2.36 bits per heavy atom. The predicted molar refractivity (Wildman–Crippen MR) is 50.4 cm³/mol. The average Bonchev–Trinajstić information content (AvgIpc) is 2.55. The Hall–Kier alpha value is -1.88. The zero-order valence-electron chi connectivity index (χ0n) is 7.57. The zero-order valence-corrected chi connectivity index (χ0v) is 7.57. The third-order valence-electron chi connectivity index (χ3n) is 1.89. The molecule has 0 unspecified atom stereocenters. The molecule has 1 amide bonds.